The molecule has 0 aliphatic rings. The van der Waals surface area contributed by atoms with Crippen LogP contribution in [0.1, 0.15) is 10.4 Å². The van der Waals surface area contributed by atoms with Crippen LogP contribution in [0.2, 0.25) is 0 Å². The highest BCUT2D eigenvalue weighted by Crippen LogP contribution is 2.27. The van der Waals surface area contributed by atoms with Gasteiger partial charge in [0, 0.05) is 23.5 Å². The minimum absolute atomic E-state index is 0.137. The zero-order valence-corrected chi connectivity index (χ0v) is 9.69. The van der Waals surface area contributed by atoms with Gasteiger partial charge in [-0.25, -0.2) is 9.97 Å². The van der Waals surface area contributed by atoms with Crippen molar-refractivity contribution in [2.24, 2.45) is 0 Å². The predicted molar refractivity (Wildman–Crippen MR) is 69.2 cm³/mol. The number of nitrogen functional groups attached to an aromatic ring is 1. The Morgan fingerprint density at radius 3 is 3.00 bits per heavy atom. The summed E-state index contributed by atoms with van der Waals surface area (Å²) in [5, 5.41) is 4.19. The molecule has 1 aromatic carbocycles. The molecule has 0 aliphatic carbocycles. The van der Waals surface area contributed by atoms with Crippen LogP contribution >= 0.6 is 0 Å². The van der Waals surface area contributed by atoms with Crippen molar-refractivity contribution in [1.29, 1.82) is 0 Å². The molecule has 2 heterocycles. The lowest BCUT2D eigenvalue weighted by molar-refractivity contribution is 0.0963. The number of fused-ring (bicyclic) bond motifs is 3. The predicted octanol–water partition coefficient (Wildman–Crippen LogP) is 1.05. The summed E-state index contributed by atoms with van der Waals surface area (Å²) in [6.07, 6.45) is 1.41. The van der Waals surface area contributed by atoms with Gasteiger partial charge >= 0.3 is 0 Å². The Morgan fingerprint density at radius 1 is 1.39 bits per heavy atom. The molecule has 4 N–H and O–H groups in total. The fourth-order valence-electron chi connectivity index (χ4n) is 2.03. The second-order valence-electron chi connectivity index (χ2n) is 3.95. The standard InChI is InChI=1S/C12H11N5O/c1-14-12(18)6-2-3-8-7(4-6)9-10(13)15-5-16-11(9)17-8/h2-5H,1H3,(H,14,18)(H3,13,15,16,17). The molecule has 90 valence electrons. The van der Waals surface area contributed by atoms with Gasteiger partial charge in [0.1, 0.15) is 17.8 Å². The summed E-state index contributed by atoms with van der Waals surface area (Å²) in [6, 6.07) is 5.37. The van der Waals surface area contributed by atoms with Gasteiger partial charge in [0.2, 0.25) is 0 Å². The maximum Gasteiger partial charge on any atom is 0.251 e. The summed E-state index contributed by atoms with van der Waals surface area (Å²) >= 11 is 0. The van der Waals surface area contributed by atoms with Gasteiger partial charge in [0.05, 0.1) is 5.39 Å². The summed E-state index contributed by atoms with van der Waals surface area (Å²) < 4.78 is 0. The molecule has 3 aromatic rings. The fourth-order valence-corrected chi connectivity index (χ4v) is 2.03. The van der Waals surface area contributed by atoms with Crippen molar-refractivity contribution >= 4 is 33.7 Å². The first kappa shape index (κ1) is 10.5. The number of hydrogen-bond donors (Lipinski definition) is 3. The number of aromatic amines is 1. The van der Waals surface area contributed by atoms with Gasteiger partial charge in [-0.2, -0.15) is 0 Å². The summed E-state index contributed by atoms with van der Waals surface area (Å²) in [5.41, 5.74) is 7.98. The molecule has 0 atom stereocenters. The maximum atomic E-state index is 11.6. The Labute approximate surface area is 102 Å². The summed E-state index contributed by atoms with van der Waals surface area (Å²) in [6.45, 7) is 0. The molecular formula is C12H11N5O. The maximum absolute atomic E-state index is 11.6. The lowest BCUT2D eigenvalue weighted by atomic mass is 10.1. The highest BCUT2D eigenvalue weighted by Gasteiger charge is 2.11. The molecule has 1 amide bonds. The van der Waals surface area contributed by atoms with E-state index in [-0.39, 0.29) is 5.91 Å². The third-order valence-electron chi connectivity index (χ3n) is 2.91. The van der Waals surface area contributed by atoms with E-state index in [2.05, 4.69) is 20.3 Å². The number of H-pyrrole nitrogens is 1. The van der Waals surface area contributed by atoms with Crippen molar-refractivity contribution in [2.45, 2.75) is 0 Å². The van der Waals surface area contributed by atoms with Crippen molar-refractivity contribution in [3.05, 3.63) is 30.1 Å². The molecule has 0 aliphatic heterocycles. The average molecular weight is 241 g/mol. The van der Waals surface area contributed by atoms with E-state index in [1.807, 2.05) is 6.07 Å². The molecule has 3 rings (SSSR count). The van der Waals surface area contributed by atoms with Crippen molar-refractivity contribution in [3.8, 4) is 0 Å². The lowest BCUT2D eigenvalue weighted by Gasteiger charge is -2.00. The minimum atomic E-state index is -0.137. The summed E-state index contributed by atoms with van der Waals surface area (Å²) in [5.74, 6) is 0.266. The van der Waals surface area contributed by atoms with Crippen LogP contribution in [0.5, 0.6) is 0 Å². The van der Waals surface area contributed by atoms with Gasteiger partial charge < -0.3 is 16.0 Å². The summed E-state index contributed by atoms with van der Waals surface area (Å²) in [4.78, 5) is 22.9. The number of amides is 1. The smallest absolute Gasteiger partial charge is 0.251 e. The van der Waals surface area contributed by atoms with Crippen LogP contribution in [-0.2, 0) is 0 Å². The number of anilines is 1. The van der Waals surface area contributed by atoms with Crippen molar-refractivity contribution < 1.29 is 4.79 Å². The molecule has 0 spiro atoms. The monoisotopic (exact) mass is 241 g/mol. The first-order chi connectivity index (χ1) is 8.70. The van der Waals surface area contributed by atoms with E-state index in [0.717, 1.165) is 16.3 Å². The van der Waals surface area contributed by atoms with E-state index < -0.39 is 0 Å². The minimum Gasteiger partial charge on any atom is -0.383 e. The van der Waals surface area contributed by atoms with Crippen LogP contribution in [0.3, 0.4) is 0 Å². The van der Waals surface area contributed by atoms with Crippen molar-refractivity contribution in [3.63, 3.8) is 0 Å². The SMILES string of the molecule is CNC(=O)c1ccc2[nH]c3ncnc(N)c3c2c1. The Bertz CT molecular complexity index is 762. The van der Waals surface area contributed by atoms with E-state index >= 15 is 0 Å². The van der Waals surface area contributed by atoms with Gasteiger partial charge in [-0.15, -0.1) is 0 Å². The normalized spacial score (nSPS) is 10.9. The summed E-state index contributed by atoms with van der Waals surface area (Å²) in [7, 11) is 1.60. The zero-order valence-electron chi connectivity index (χ0n) is 9.69. The fraction of sp³-hybridized carbons (Fsp3) is 0.0833. The Balaban J connectivity index is 2.38. The molecule has 0 bridgehead atoms. The van der Waals surface area contributed by atoms with Gasteiger partial charge in [-0.1, -0.05) is 0 Å². The number of carbonyl (C=O) groups excluding carboxylic acids is 1. The molecule has 0 fully saturated rings. The highest BCUT2D eigenvalue weighted by atomic mass is 16.1. The number of nitrogens with zero attached hydrogens (tertiary/aromatic N) is 2. The number of aromatic nitrogens is 3. The number of rotatable bonds is 1. The van der Waals surface area contributed by atoms with Crippen LogP contribution in [-0.4, -0.2) is 27.9 Å². The number of nitrogens with two attached hydrogens (primary N) is 1. The van der Waals surface area contributed by atoms with E-state index in [1.165, 1.54) is 6.33 Å². The third-order valence-corrected chi connectivity index (χ3v) is 2.91. The van der Waals surface area contributed by atoms with Crippen LogP contribution in [0.4, 0.5) is 5.82 Å². The number of benzene rings is 1. The Kier molecular flexibility index (Phi) is 2.16. The topological polar surface area (TPSA) is 96.7 Å². The molecule has 0 radical (unpaired) electrons. The molecule has 6 heteroatoms. The van der Waals surface area contributed by atoms with Gasteiger partial charge in [0.25, 0.3) is 5.91 Å². The first-order valence-electron chi connectivity index (χ1n) is 5.44. The lowest BCUT2D eigenvalue weighted by Crippen LogP contribution is -2.17. The quantitative estimate of drug-likeness (QED) is 0.593. The Hall–Kier alpha value is -2.63. The third kappa shape index (κ3) is 1.39. The van der Waals surface area contributed by atoms with Crippen LogP contribution in [0.25, 0.3) is 21.9 Å². The molecule has 18 heavy (non-hydrogen) atoms. The molecule has 6 nitrogen and oxygen atoms in total. The number of carbonyl (C=O) groups is 1. The van der Waals surface area contributed by atoms with Crippen LogP contribution < -0.4 is 11.1 Å². The van der Waals surface area contributed by atoms with Gasteiger partial charge in [-0.05, 0) is 18.2 Å². The van der Waals surface area contributed by atoms with E-state index in [1.54, 1.807) is 19.2 Å². The van der Waals surface area contributed by atoms with Crippen molar-refractivity contribution in [1.82, 2.24) is 20.3 Å². The molecule has 2 aromatic heterocycles. The average Bonchev–Trinajstić information content (AvgIpc) is 2.76. The molecule has 0 saturated carbocycles. The second kappa shape index (κ2) is 3.69. The van der Waals surface area contributed by atoms with Crippen LogP contribution in [0, 0.1) is 0 Å². The van der Waals surface area contributed by atoms with E-state index in [0.29, 0.717) is 17.0 Å². The molecular weight excluding hydrogens is 230 g/mol. The largest absolute Gasteiger partial charge is 0.383 e. The first-order valence-corrected chi connectivity index (χ1v) is 5.44. The molecule has 0 saturated heterocycles. The van der Waals surface area contributed by atoms with Crippen molar-refractivity contribution in [2.75, 3.05) is 12.8 Å². The zero-order chi connectivity index (χ0) is 12.7. The van der Waals surface area contributed by atoms with E-state index in [9.17, 15) is 4.79 Å². The number of nitrogens with one attached hydrogen (secondary N) is 2. The highest BCUT2D eigenvalue weighted by molar-refractivity contribution is 6.12. The molecule has 0 unspecified atom stereocenters. The van der Waals surface area contributed by atoms with Gasteiger partial charge in [0.15, 0.2) is 0 Å². The van der Waals surface area contributed by atoms with Gasteiger partial charge in [-0.3, -0.25) is 4.79 Å². The van der Waals surface area contributed by atoms with E-state index in [4.69, 9.17) is 5.73 Å². The number of hydrogen-bond acceptors (Lipinski definition) is 4. The Morgan fingerprint density at radius 2 is 2.22 bits per heavy atom. The van der Waals surface area contributed by atoms with Crippen LogP contribution in [0.15, 0.2) is 24.5 Å². The second-order valence-corrected chi connectivity index (χ2v) is 3.95.